The Morgan fingerprint density at radius 3 is 2.89 bits per heavy atom. The third-order valence-electron chi connectivity index (χ3n) is 4.10. The summed E-state index contributed by atoms with van der Waals surface area (Å²) in [5, 5.41) is 22.6. The molecule has 0 amide bonds. The lowest BCUT2D eigenvalue weighted by molar-refractivity contribution is -0.384. The molecule has 11 nitrogen and oxygen atoms in total. The number of aromatic nitrogens is 6. The van der Waals surface area contributed by atoms with E-state index in [1.807, 2.05) is 0 Å². The van der Waals surface area contributed by atoms with Gasteiger partial charge in [-0.15, -0.1) is 5.10 Å². The third kappa shape index (κ3) is 2.70. The maximum atomic E-state index is 10.7. The number of rotatable bonds is 5. The van der Waals surface area contributed by atoms with Crippen molar-refractivity contribution in [2.45, 2.75) is 6.61 Å². The van der Waals surface area contributed by atoms with Crippen LogP contribution in [0.5, 0.6) is 5.75 Å². The molecule has 0 aliphatic heterocycles. The summed E-state index contributed by atoms with van der Waals surface area (Å²) in [5.41, 5.74) is 1.25. The van der Waals surface area contributed by atoms with E-state index in [0.717, 1.165) is 5.39 Å². The fourth-order valence-electron chi connectivity index (χ4n) is 2.74. The summed E-state index contributed by atoms with van der Waals surface area (Å²) >= 11 is 0. The molecule has 11 heteroatoms. The van der Waals surface area contributed by atoms with E-state index < -0.39 is 4.92 Å². The molecule has 28 heavy (non-hydrogen) atoms. The lowest BCUT2D eigenvalue weighted by Crippen LogP contribution is -1.94. The van der Waals surface area contributed by atoms with Crippen LogP contribution in [0.15, 0.2) is 53.3 Å². The fraction of sp³-hybridized carbons (Fsp3) is 0.0588. The number of fused-ring (bicyclic) bond motifs is 3. The predicted molar refractivity (Wildman–Crippen MR) is 95.6 cm³/mol. The van der Waals surface area contributed by atoms with E-state index in [1.54, 1.807) is 29.2 Å². The normalized spacial score (nSPS) is 11.3. The smallest absolute Gasteiger partial charge is 0.269 e. The largest absolute Gasteiger partial charge is 0.486 e. The Labute approximate surface area is 155 Å². The number of benzene rings is 1. The molecule has 0 atom stereocenters. The molecule has 0 radical (unpaired) electrons. The topological polar surface area (TPSA) is 137 Å². The molecule has 5 rings (SSSR count). The molecule has 0 fully saturated rings. The average Bonchev–Trinajstić information content (AvgIpc) is 3.44. The van der Waals surface area contributed by atoms with Crippen LogP contribution in [0, 0.1) is 10.1 Å². The summed E-state index contributed by atoms with van der Waals surface area (Å²) in [7, 11) is 0. The standard InChI is InChI=1S/C17H11N7O4/c25-24(26)10-1-3-11(4-2-10)27-8-12-5-6-14(28-12)16-20-17-13-7-19-21-15(13)18-9-23(17)22-16/h1-7,9H,8H2,(H,19,21). The molecule has 0 unspecified atom stereocenters. The Morgan fingerprint density at radius 2 is 2.07 bits per heavy atom. The molecular formula is C17H11N7O4. The Balaban J connectivity index is 1.35. The molecule has 5 aromatic rings. The minimum Gasteiger partial charge on any atom is -0.486 e. The van der Waals surface area contributed by atoms with Crippen molar-refractivity contribution in [2.75, 3.05) is 0 Å². The van der Waals surface area contributed by atoms with Gasteiger partial charge in [0.25, 0.3) is 5.69 Å². The summed E-state index contributed by atoms with van der Waals surface area (Å²) in [6.07, 6.45) is 3.19. The minimum atomic E-state index is -0.461. The van der Waals surface area contributed by atoms with Gasteiger partial charge in [0.2, 0.25) is 5.82 Å². The predicted octanol–water partition coefficient (Wildman–Crippen LogP) is 2.75. The van der Waals surface area contributed by atoms with Crippen molar-refractivity contribution >= 4 is 22.4 Å². The molecule has 1 N–H and O–H groups in total. The molecule has 1 aromatic carbocycles. The van der Waals surface area contributed by atoms with Gasteiger partial charge in [-0.05, 0) is 24.3 Å². The van der Waals surface area contributed by atoms with Gasteiger partial charge in [0, 0.05) is 12.1 Å². The highest BCUT2D eigenvalue weighted by Gasteiger charge is 2.14. The summed E-state index contributed by atoms with van der Waals surface area (Å²) in [6, 6.07) is 9.35. The van der Waals surface area contributed by atoms with Crippen molar-refractivity contribution < 1.29 is 14.1 Å². The van der Waals surface area contributed by atoms with Gasteiger partial charge in [0.05, 0.1) is 16.5 Å². The van der Waals surface area contributed by atoms with Gasteiger partial charge in [-0.3, -0.25) is 15.2 Å². The number of nitrogens with one attached hydrogen (secondary N) is 1. The van der Waals surface area contributed by atoms with E-state index in [1.165, 1.54) is 24.3 Å². The average molecular weight is 377 g/mol. The van der Waals surface area contributed by atoms with Gasteiger partial charge in [-0.1, -0.05) is 0 Å². The van der Waals surface area contributed by atoms with Gasteiger partial charge in [-0.25, -0.2) is 14.5 Å². The molecule has 4 heterocycles. The van der Waals surface area contributed by atoms with E-state index in [2.05, 4.69) is 25.3 Å². The van der Waals surface area contributed by atoms with Gasteiger partial charge in [0.15, 0.2) is 17.1 Å². The molecule has 0 saturated heterocycles. The van der Waals surface area contributed by atoms with Gasteiger partial charge < -0.3 is 9.15 Å². The van der Waals surface area contributed by atoms with Crippen LogP contribution >= 0.6 is 0 Å². The molecule has 4 aromatic heterocycles. The molecular weight excluding hydrogens is 366 g/mol. The maximum absolute atomic E-state index is 10.7. The number of aromatic amines is 1. The highest BCUT2D eigenvalue weighted by atomic mass is 16.6. The number of nitro benzene ring substituents is 1. The summed E-state index contributed by atoms with van der Waals surface area (Å²) in [4.78, 5) is 18.9. The second-order valence-electron chi connectivity index (χ2n) is 5.89. The number of hydrogen-bond donors (Lipinski definition) is 1. The number of H-pyrrole nitrogens is 1. The zero-order valence-electron chi connectivity index (χ0n) is 14.1. The van der Waals surface area contributed by atoms with Gasteiger partial charge in [0.1, 0.15) is 24.4 Å². The van der Waals surface area contributed by atoms with Crippen LogP contribution in [-0.2, 0) is 6.61 Å². The quantitative estimate of drug-likeness (QED) is 0.364. The van der Waals surface area contributed by atoms with Crippen molar-refractivity contribution in [1.82, 2.24) is 29.8 Å². The van der Waals surface area contributed by atoms with Gasteiger partial charge >= 0.3 is 0 Å². The number of nitrogens with zero attached hydrogens (tertiary/aromatic N) is 6. The van der Waals surface area contributed by atoms with Crippen molar-refractivity contribution in [3.05, 3.63) is 64.8 Å². The first-order valence-electron chi connectivity index (χ1n) is 8.18. The second kappa shape index (κ2) is 6.16. The van der Waals surface area contributed by atoms with E-state index >= 15 is 0 Å². The number of hydrogen-bond acceptors (Lipinski definition) is 8. The van der Waals surface area contributed by atoms with Crippen LogP contribution in [-0.4, -0.2) is 34.7 Å². The molecule has 0 aliphatic carbocycles. The highest BCUT2D eigenvalue weighted by molar-refractivity contribution is 5.88. The Bertz CT molecular complexity index is 1300. The van der Waals surface area contributed by atoms with Crippen molar-refractivity contribution in [2.24, 2.45) is 0 Å². The number of nitro groups is 1. The van der Waals surface area contributed by atoms with Crippen LogP contribution in [0.2, 0.25) is 0 Å². The SMILES string of the molecule is O=[N+]([O-])c1ccc(OCc2ccc(-c3nc4c5cn[nH]c5ncn4n3)o2)cc1. The lowest BCUT2D eigenvalue weighted by Gasteiger charge is -2.03. The molecule has 0 saturated carbocycles. The highest BCUT2D eigenvalue weighted by Crippen LogP contribution is 2.23. The second-order valence-corrected chi connectivity index (χ2v) is 5.89. The van der Waals surface area contributed by atoms with Crippen LogP contribution in [0.25, 0.3) is 28.3 Å². The van der Waals surface area contributed by atoms with Crippen LogP contribution in [0.3, 0.4) is 0 Å². The van der Waals surface area contributed by atoms with E-state index in [0.29, 0.717) is 34.4 Å². The third-order valence-corrected chi connectivity index (χ3v) is 4.10. The Kier molecular flexibility index (Phi) is 3.50. The molecule has 0 spiro atoms. The van der Waals surface area contributed by atoms with Crippen molar-refractivity contribution in [1.29, 1.82) is 0 Å². The number of ether oxygens (including phenoxy) is 1. The first kappa shape index (κ1) is 15.9. The monoisotopic (exact) mass is 377 g/mol. The van der Waals surface area contributed by atoms with Crippen molar-refractivity contribution in [3.63, 3.8) is 0 Å². The number of non-ortho nitro benzene ring substituents is 1. The Hall–Kier alpha value is -4.28. The first-order valence-corrected chi connectivity index (χ1v) is 8.18. The maximum Gasteiger partial charge on any atom is 0.269 e. The number of furan rings is 1. The molecule has 0 bridgehead atoms. The summed E-state index contributed by atoms with van der Waals surface area (Å²) in [5.74, 6) is 1.97. The zero-order valence-corrected chi connectivity index (χ0v) is 14.1. The van der Waals surface area contributed by atoms with Gasteiger partial charge in [-0.2, -0.15) is 5.10 Å². The molecule has 138 valence electrons. The summed E-state index contributed by atoms with van der Waals surface area (Å²) in [6.45, 7) is 0.165. The van der Waals surface area contributed by atoms with E-state index in [-0.39, 0.29) is 12.3 Å². The summed E-state index contributed by atoms with van der Waals surface area (Å²) < 4.78 is 12.9. The van der Waals surface area contributed by atoms with E-state index in [4.69, 9.17) is 9.15 Å². The lowest BCUT2D eigenvalue weighted by atomic mass is 10.3. The molecule has 0 aliphatic rings. The van der Waals surface area contributed by atoms with E-state index in [9.17, 15) is 10.1 Å². The first-order chi connectivity index (χ1) is 13.7. The zero-order chi connectivity index (χ0) is 19.1. The van der Waals surface area contributed by atoms with Crippen LogP contribution < -0.4 is 4.74 Å². The minimum absolute atomic E-state index is 0.00628. The van der Waals surface area contributed by atoms with Crippen LogP contribution in [0.1, 0.15) is 5.76 Å². The fourth-order valence-corrected chi connectivity index (χ4v) is 2.74. The van der Waals surface area contributed by atoms with Crippen LogP contribution in [0.4, 0.5) is 5.69 Å². The van der Waals surface area contributed by atoms with Crippen molar-refractivity contribution in [3.8, 4) is 17.3 Å². The Morgan fingerprint density at radius 1 is 1.21 bits per heavy atom.